The fourth-order valence-corrected chi connectivity index (χ4v) is 4.36. The van der Waals surface area contributed by atoms with Crippen LogP contribution in [-0.2, 0) is 17.8 Å². The van der Waals surface area contributed by atoms with Gasteiger partial charge in [0.25, 0.3) is 5.91 Å². The molecular weight excluding hydrogens is 392 g/mol. The van der Waals surface area contributed by atoms with Gasteiger partial charge in [0, 0.05) is 6.54 Å². The van der Waals surface area contributed by atoms with E-state index in [1.54, 1.807) is 40.6 Å². The van der Waals surface area contributed by atoms with Crippen molar-refractivity contribution in [1.82, 2.24) is 4.57 Å². The summed E-state index contributed by atoms with van der Waals surface area (Å²) in [6, 6.07) is 9.11. The Balaban J connectivity index is 2.02. The molecule has 0 N–H and O–H groups in total. The van der Waals surface area contributed by atoms with E-state index in [4.69, 9.17) is 18.9 Å². The van der Waals surface area contributed by atoms with Gasteiger partial charge in [0.1, 0.15) is 21.7 Å². The van der Waals surface area contributed by atoms with Gasteiger partial charge in [-0.25, -0.2) is 0 Å². The molecule has 29 heavy (non-hydrogen) atoms. The van der Waals surface area contributed by atoms with Crippen LogP contribution in [0.2, 0.25) is 0 Å². The van der Waals surface area contributed by atoms with Crippen LogP contribution in [0.25, 0.3) is 10.2 Å². The molecule has 2 aromatic carbocycles. The summed E-state index contributed by atoms with van der Waals surface area (Å²) >= 11 is 1.41. The predicted molar refractivity (Wildman–Crippen MR) is 112 cm³/mol. The summed E-state index contributed by atoms with van der Waals surface area (Å²) in [4.78, 5) is 17.7. The van der Waals surface area contributed by atoms with Crippen LogP contribution in [-0.4, -0.2) is 38.9 Å². The number of amides is 1. The highest BCUT2D eigenvalue weighted by atomic mass is 32.1. The molecular formula is C21H24N2O5S. The number of carbonyl (C=O) groups excluding carboxylic acids is 1. The van der Waals surface area contributed by atoms with Gasteiger partial charge >= 0.3 is 0 Å². The molecule has 0 spiro atoms. The molecule has 0 bridgehead atoms. The lowest BCUT2D eigenvalue weighted by molar-refractivity contribution is -0.117. The third kappa shape index (κ3) is 4.07. The first kappa shape index (κ1) is 20.7. The number of aromatic nitrogens is 1. The van der Waals surface area contributed by atoms with Crippen LogP contribution in [0.4, 0.5) is 0 Å². The lowest BCUT2D eigenvalue weighted by atomic mass is 10.1. The average Bonchev–Trinajstić information content (AvgIpc) is 3.10. The summed E-state index contributed by atoms with van der Waals surface area (Å²) in [5.74, 6) is 2.39. The number of methoxy groups -OCH3 is 4. The predicted octanol–water partition coefficient (Wildman–Crippen LogP) is 3.43. The van der Waals surface area contributed by atoms with E-state index < -0.39 is 0 Å². The van der Waals surface area contributed by atoms with Gasteiger partial charge in [0.05, 0.1) is 34.9 Å². The van der Waals surface area contributed by atoms with E-state index in [-0.39, 0.29) is 12.3 Å². The van der Waals surface area contributed by atoms with E-state index in [0.29, 0.717) is 28.6 Å². The van der Waals surface area contributed by atoms with Crippen LogP contribution in [0.5, 0.6) is 23.0 Å². The lowest BCUT2D eigenvalue weighted by Gasteiger charge is -2.09. The average molecular weight is 416 g/mol. The Kier molecular flexibility index (Phi) is 6.43. The van der Waals surface area contributed by atoms with Crippen LogP contribution in [0, 0.1) is 0 Å². The molecule has 0 unspecified atom stereocenters. The molecule has 1 heterocycles. The van der Waals surface area contributed by atoms with Gasteiger partial charge in [-0.3, -0.25) is 4.79 Å². The minimum atomic E-state index is -0.246. The summed E-state index contributed by atoms with van der Waals surface area (Å²) < 4.78 is 24.4. The molecule has 3 aromatic rings. The van der Waals surface area contributed by atoms with Gasteiger partial charge in [0.2, 0.25) is 0 Å². The quantitative estimate of drug-likeness (QED) is 0.590. The highest BCUT2D eigenvalue weighted by Crippen LogP contribution is 2.35. The van der Waals surface area contributed by atoms with Crippen molar-refractivity contribution < 1.29 is 23.7 Å². The van der Waals surface area contributed by atoms with E-state index in [0.717, 1.165) is 21.5 Å². The van der Waals surface area contributed by atoms with E-state index in [2.05, 4.69) is 4.99 Å². The molecule has 0 fully saturated rings. The van der Waals surface area contributed by atoms with Crippen molar-refractivity contribution in [3.63, 3.8) is 0 Å². The van der Waals surface area contributed by atoms with Crippen LogP contribution in [0.3, 0.4) is 0 Å². The molecule has 0 aliphatic rings. The second-order valence-electron chi connectivity index (χ2n) is 6.15. The monoisotopic (exact) mass is 416 g/mol. The van der Waals surface area contributed by atoms with Gasteiger partial charge in [-0.05, 0) is 36.8 Å². The van der Waals surface area contributed by atoms with Crippen LogP contribution in [0.1, 0.15) is 12.5 Å². The Bertz CT molecular complexity index is 1100. The Morgan fingerprint density at radius 1 is 0.931 bits per heavy atom. The summed E-state index contributed by atoms with van der Waals surface area (Å²) in [7, 11) is 6.38. The van der Waals surface area contributed by atoms with E-state index in [9.17, 15) is 4.79 Å². The van der Waals surface area contributed by atoms with Crippen LogP contribution in [0.15, 0.2) is 35.3 Å². The van der Waals surface area contributed by atoms with Crippen molar-refractivity contribution in [3.05, 3.63) is 40.7 Å². The summed E-state index contributed by atoms with van der Waals surface area (Å²) in [6.45, 7) is 2.65. The van der Waals surface area contributed by atoms with Gasteiger partial charge in [-0.1, -0.05) is 17.4 Å². The first-order valence-electron chi connectivity index (χ1n) is 9.09. The zero-order valence-corrected chi connectivity index (χ0v) is 18.0. The number of hydrogen-bond donors (Lipinski definition) is 0. The number of fused-ring (bicyclic) bond motifs is 1. The molecule has 1 aromatic heterocycles. The number of nitrogens with zero attached hydrogens (tertiary/aromatic N) is 2. The molecule has 8 heteroatoms. The SMILES string of the molecule is CCn1c(=NC(=O)Cc2ccc(OC)c(OC)c2)sc2c(OC)ccc(OC)c21. The van der Waals surface area contributed by atoms with Gasteiger partial charge in [-0.2, -0.15) is 4.99 Å². The standard InChI is InChI=1S/C21H24N2O5S/c1-6-23-19-15(26-3)9-10-16(27-4)20(19)29-21(23)22-18(24)12-13-7-8-14(25-2)17(11-13)28-5/h7-11H,6,12H2,1-5H3. The smallest absolute Gasteiger partial charge is 0.252 e. The molecule has 0 atom stereocenters. The molecule has 154 valence electrons. The fourth-order valence-electron chi connectivity index (χ4n) is 3.14. The molecule has 0 aliphatic heterocycles. The summed E-state index contributed by atoms with van der Waals surface area (Å²) in [5, 5.41) is 0. The normalized spacial score (nSPS) is 11.6. The maximum absolute atomic E-state index is 12.7. The Hall–Kier alpha value is -3.00. The van der Waals surface area contributed by atoms with E-state index >= 15 is 0 Å². The summed E-state index contributed by atoms with van der Waals surface area (Å²) in [5.41, 5.74) is 1.67. The van der Waals surface area contributed by atoms with Crippen molar-refractivity contribution in [2.45, 2.75) is 19.9 Å². The maximum atomic E-state index is 12.7. The number of hydrogen-bond acceptors (Lipinski definition) is 6. The minimum Gasteiger partial charge on any atom is -0.495 e. The molecule has 0 saturated heterocycles. The van der Waals surface area contributed by atoms with Crippen molar-refractivity contribution >= 4 is 27.5 Å². The molecule has 1 amide bonds. The highest BCUT2D eigenvalue weighted by molar-refractivity contribution is 7.16. The molecule has 7 nitrogen and oxygen atoms in total. The van der Waals surface area contributed by atoms with E-state index in [1.165, 1.54) is 11.3 Å². The van der Waals surface area contributed by atoms with E-state index in [1.807, 2.05) is 29.7 Å². The zero-order valence-electron chi connectivity index (χ0n) is 17.1. The number of benzene rings is 2. The van der Waals surface area contributed by atoms with Crippen molar-refractivity contribution in [3.8, 4) is 23.0 Å². The lowest BCUT2D eigenvalue weighted by Crippen LogP contribution is -2.16. The van der Waals surface area contributed by atoms with Crippen LogP contribution < -0.4 is 23.7 Å². The first-order chi connectivity index (χ1) is 14.1. The number of ether oxygens (including phenoxy) is 4. The maximum Gasteiger partial charge on any atom is 0.252 e. The highest BCUT2D eigenvalue weighted by Gasteiger charge is 2.16. The second kappa shape index (κ2) is 9.00. The topological polar surface area (TPSA) is 71.3 Å². The van der Waals surface area contributed by atoms with Crippen molar-refractivity contribution in [1.29, 1.82) is 0 Å². The Morgan fingerprint density at radius 2 is 1.55 bits per heavy atom. The number of rotatable bonds is 7. The molecule has 0 saturated carbocycles. The summed E-state index contributed by atoms with van der Waals surface area (Å²) in [6.07, 6.45) is 0.159. The third-order valence-corrected chi connectivity index (χ3v) is 5.63. The van der Waals surface area contributed by atoms with Crippen LogP contribution >= 0.6 is 11.3 Å². The third-order valence-electron chi connectivity index (χ3n) is 4.53. The first-order valence-corrected chi connectivity index (χ1v) is 9.90. The zero-order chi connectivity index (χ0) is 21.0. The second-order valence-corrected chi connectivity index (χ2v) is 7.13. The number of carbonyl (C=O) groups is 1. The minimum absolute atomic E-state index is 0.159. The largest absolute Gasteiger partial charge is 0.495 e. The Morgan fingerprint density at radius 3 is 2.17 bits per heavy atom. The van der Waals surface area contributed by atoms with Crippen molar-refractivity contribution in [2.75, 3.05) is 28.4 Å². The fraction of sp³-hybridized carbons (Fsp3) is 0.333. The Labute approximate surface area is 173 Å². The molecule has 0 aliphatic carbocycles. The molecule has 3 rings (SSSR count). The van der Waals surface area contributed by atoms with Gasteiger partial charge in [0.15, 0.2) is 16.3 Å². The molecule has 0 radical (unpaired) electrons. The number of aryl methyl sites for hydroxylation is 1. The van der Waals surface area contributed by atoms with Gasteiger partial charge in [-0.15, -0.1) is 0 Å². The van der Waals surface area contributed by atoms with Gasteiger partial charge < -0.3 is 23.5 Å². The van der Waals surface area contributed by atoms with Crippen molar-refractivity contribution in [2.24, 2.45) is 4.99 Å². The number of thiazole rings is 1.